The molecule has 0 saturated heterocycles. The number of aryl methyl sites for hydroxylation is 1. The second-order valence-corrected chi connectivity index (χ2v) is 5.01. The van der Waals surface area contributed by atoms with Gasteiger partial charge in [0.15, 0.2) is 5.78 Å². The Morgan fingerprint density at radius 2 is 2.06 bits per heavy atom. The summed E-state index contributed by atoms with van der Waals surface area (Å²) in [6.45, 7) is 6.84. The average Bonchev–Trinajstić information content (AvgIpc) is 2.61. The summed E-state index contributed by atoms with van der Waals surface area (Å²) < 4.78 is 2.10. The molecule has 3 nitrogen and oxygen atoms in total. The lowest BCUT2D eigenvalue weighted by molar-refractivity contribution is 0.101. The Hall–Kier alpha value is -1.12. The Morgan fingerprint density at radius 1 is 1.35 bits per heavy atom. The number of carbonyl (C=O) groups excluding carboxylic acids is 1. The molecule has 94 valence electrons. The SMILES string of the molecule is CCc1nn(CC2CCC2)c(CC)c1C(C)=O. The second-order valence-electron chi connectivity index (χ2n) is 5.01. The molecular formula is C14H22N2O. The van der Waals surface area contributed by atoms with E-state index in [4.69, 9.17) is 0 Å². The maximum atomic E-state index is 11.7. The molecule has 0 spiro atoms. The molecule has 1 heterocycles. The van der Waals surface area contributed by atoms with Crippen LogP contribution in [0.4, 0.5) is 0 Å². The van der Waals surface area contributed by atoms with E-state index in [1.807, 2.05) is 0 Å². The average molecular weight is 234 g/mol. The summed E-state index contributed by atoms with van der Waals surface area (Å²) in [6.07, 6.45) is 5.74. The molecule has 3 heteroatoms. The van der Waals surface area contributed by atoms with Gasteiger partial charge < -0.3 is 0 Å². The lowest BCUT2D eigenvalue weighted by Gasteiger charge is -2.25. The number of aromatic nitrogens is 2. The van der Waals surface area contributed by atoms with Gasteiger partial charge in [0, 0.05) is 12.2 Å². The van der Waals surface area contributed by atoms with E-state index in [-0.39, 0.29) is 5.78 Å². The van der Waals surface area contributed by atoms with Crippen molar-refractivity contribution in [1.82, 2.24) is 9.78 Å². The fourth-order valence-corrected chi connectivity index (χ4v) is 2.64. The quantitative estimate of drug-likeness (QED) is 0.734. The van der Waals surface area contributed by atoms with E-state index >= 15 is 0 Å². The highest BCUT2D eigenvalue weighted by Gasteiger charge is 2.23. The number of rotatable bonds is 5. The zero-order valence-electron chi connectivity index (χ0n) is 11.1. The normalized spacial score (nSPS) is 15.9. The zero-order chi connectivity index (χ0) is 12.4. The van der Waals surface area contributed by atoms with E-state index in [2.05, 4.69) is 23.6 Å². The van der Waals surface area contributed by atoms with Crippen molar-refractivity contribution in [3.8, 4) is 0 Å². The van der Waals surface area contributed by atoms with Crippen LogP contribution in [0.15, 0.2) is 0 Å². The predicted octanol–water partition coefficient (Wildman–Crippen LogP) is 3.01. The van der Waals surface area contributed by atoms with Crippen molar-refractivity contribution in [3.05, 3.63) is 17.0 Å². The molecule has 0 aromatic carbocycles. The van der Waals surface area contributed by atoms with Crippen molar-refractivity contribution < 1.29 is 4.79 Å². The van der Waals surface area contributed by atoms with Crippen molar-refractivity contribution in [2.75, 3.05) is 0 Å². The van der Waals surface area contributed by atoms with Gasteiger partial charge in [0.1, 0.15) is 0 Å². The first-order valence-corrected chi connectivity index (χ1v) is 6.76. The number of hydrogen-bond acceptors (Lipinski definition) is 2. The number of ketones is 1. The molecular weight excluding hydrogens is 212 g/mol. The van der Waals surface area contributed by atoms with Crippen LogP contribution < -0.4 is 0 Å². The highest BCUT2D eigenvalue weighted by Crippen LogP contribution is 2.29. The van der Waals surface area contributed by atoms with Crippen LogP contribution in [-0.4, -0.2) is 15.6 Å². The summed E-state index contributed by atoms with van der Waals surface area (Å²) in [5, 5.41) is 4.64. The highest BCUT2D eigenvalue weighted by atomic mass is 16.1. The molecule has 0 unspecified atom stereocenters. The largest absolute Gasteiger partial charge is 0.294 e. The zero-order valence-corrected chi connectivity index (χ0v) is 11.1. The molecule has 0 atom stereocenters. The lowest BCUT2D eigenvalue weighted by atomic mass is 9.85. The molecule has 0 bridgehead atoms. The number of carbonyl (C=O) groups is 1. The number of Topliss-reactive ketones (excluding diaryl/α,β-unsaturated/α-hetero) is 1. The minimum atomic E-state index is 0.165. The third-order valence-corrected chi connectivity index (χ3v) is 3.81. The minimum Gasteiger partial charge on any atom is -0.294 e. The molecule has 17 heavy (non-hydrogen) atoms. The summed E-state index contributed by atoms with van der Waals surface area (Å²) in [7, 11) is 0. The van der Waals surface area contributed by atoms with Crippen molar-refractivity contribution in [2.24, 2.45) is 5.92 Å². The fourth-order valence-electron chi connectivity index (χ4n) is 2.64. The summed E-state index contributed by atoms with van der Waals surface area (Å²) in [5.74, 6) is 0.947. The fraction of sp³-hybridized carbons (Fsp3) is 0.714. The Bertz CT molecular complexity index is 416. The minimum absolute atomic E-state index is 0.165. The Balaban J connectivity index is 2.33. The summed E-state index contributed by atoms with van der Waals surface area (Å²) in [4.78, 5) is 11.7. The third-order valence-electron chi connectivity index (χ3n) is 3.81. The topological polar surface area (TPSA) is 34.9 Å². The van der Waals surface area contributed by atoms with Gasteiger partial charge in [-0.1, -0.05) is 20.3 Å². The van der Waals surface area contributed by atoms with Crippen molar-refractivity contribution >= 4 is 5.78 Å². The van der Waals surface area contributed by atoms with Gasteiger partial charge in [0.25, 0.3) is 0 Å². The Labute approximate surface area is 103 Å². The van der Waals surface area contributed by atoms with Gasteiger partial charge in [-0.2, -0.15) is 5.10 Å². The molecule has 1 fully saturated rings. The molecule has 0 aliphatic heterocycles. The van der Waals surface area contributed by atoms with Gasteiger partial charge in [-0.25, -0.2) is 0 Å². The van der Waals surface area contributed by atoms with Crippen molar-refractivity contribution in [2.45, 2.75) is 59.4 Å². The maximum absolute atomic E-state index is 11.7. The Morgan fingerprint density at radius 3 is 2.47 bits per heavy atom. The van der Waals surface area contributed by atoms with Crippen LogP contribution in [0.2, 0.25) is 0 Å². The molecule has 1 aromatic rings. The van der Waals surface area contributed by atoms with E-state index in [0.717, 1.165) is 42.3 Å². The van der Waals surface area contributed by atoms with Gasteiger partial charge in [0.2, 0.25) is 0 Å². The van der Waals surface area contributed by atoms with Gasteiger partial charge in [-0.05, 0) is 38.5 Å². The Kier molecular flexibility index (Phi) is 3.65. The van der Waals surface area contributed by atoms with Crippen LogP contribution in [0.3, 0.4) is 0 Å². The second kappa shape index (κ2) is 5.03. The van der Waals surface area contributed by atoms with E-state index in [1.54, 1.807) is 6.92 Å². The van der Waals surface area contributed by atoms with Crippen molar-refractivity contribution in [3.63, 3.8) is 0 Å². The predicted molar refractivity (Wildman–Crippen MR) is 68.3 cm³/mol. The maximum Gasteiger partial charge on any atom is 0.163 e. The summed E-state index contributed by atoms with van der Waals surface area (Å²) >= 11 is 0. The summed E-state index contributed by atoms with van der Waals surface area (Å²) in [5.41, 5.74) is 3.00. The molecule has 0 amide bonds. The van der Waals surface area contributed by atoms with Crippen LogP contribution >= 0.6 is 0 Å². The first-order valence-electron chi connectivity index (χ1n) is 6.76. The first kappa shape index (κ1) is 12.3. The van der Waals surface area contributed by atoms with Gasteiger partial charge in [-0.3, -0.25) is 9.48 Å². The number of nitrogens with zero attached hydrogens (tertiary/aromatic N) is 2. The highest BCUT2D eigenvalue weighted by molar-refractivity contribution is 5.96. The van der Waals surface area contributed by atoms with Gasteiger partial charge >= 0.3 is 0 Å². The van der Waals surface area contributed by atoms with Crippen LogP contribution in [-0.2, 0) is 19.4 Å². The molecule has 1 aliphatic carbocycles. The summed E-state index contributed by atoms with van der Waals surface area (Å²) in [6, 6.07) is 0. The smallest absolute Gasteiger partial charge is 0.163 e. The van der Waals surface area contributed by atoms with Crippen LogP contribution in [0, 0.1) is 5.92 Å². The molecule has 2 rings (SSSR count). The van der Waals surface area contributed by atoms with E-state index in [9.17, 15) is 4.79 Å². The van der Waals surface area contributed by atoms with Crippen molar-refractivity contribution in [1.29, 1.82) is 0 Å². The van der Waals surface area contributed by atoms with E-state index < -0.39 is 0 Å². The third kappa shape index (κ3) is 2.28. The molecule has 1 aliphatic rings. The molecule has 1 saturated carbocycles. The molecule has 0 N–H and O–H groups in total. The van der Waals surface area contributed by atoms with E-state index in [0.29, 0.717) is 0 Å². The standard InChI is InChI=1S/C14H22N2O/c1-4-12-14(10(3)17)13(5-2)16(15-12)9-11-7-6-8-11/h11H,4-9H2,1-3H3. The molecule has 1 aromatic heterocycles. The van der Waals surface area contributed by atoms with Crippen LogP contribution in [0.5, 0.6) is 0 Å². The lowest BCUT2D eigenvalue weighted by Crippen LogP contribution is -2.20. The van der Waals surface area contributed by atoms with Gasteiger partial charge in [0.05, 0.1) is 11.3 Å². The number of hydrogen-bond donors (Lipinski definition) is 0. The molecule has 0 radical (unpaired) electrons. The van der Waals surface area contributed by atoms with Gasteiger partial charge in [-0.15, -0.1) is 0 Å². The monoisotopic (exact) mass is 234 g/mol. The van der Waals surface area contributed by atoms with E-state index in [1.165, 1.54) is 19.3 Å². The first-order chi connectivity index (χ1) is 8.17. The van der Waals surface area contributed by atoms with Crippen LogP contribution in [0.25, 0.3) is 0 Å². The van der Waals surface area contributed by atoms with Crippen LogP contribution in [0.1, 0.15) is 61.8 Å².